The highest BCUT2D eigenvalue weighted by atomic mass is 16.5. The number of anilines is 1. The highest BCUT2D eigenvalue weighted by Crippen LogP contribution is 2.16. The number of nitrogens with one attached hydrogen (secondary N) is 2. The van der Waals surface area contributed by atoms with E-state index in [9.17, 15) is 4.79 Å². The van der Waals surface area contributed by atoms with Gasteiger partial charge in [-0.2, -0.15) is 0 Å². The Morgan fingerprint density at radius 3 is 2.47 bits per heavy atom. The van der Waals surface area contributed by atoms with Crippen LogP contribution in [0.1, 0.15) is 27.4 Å². The second-order valence-electron chi connectivity index (χ2n) is 4.38. The summed E-state index contributed by atoms with van der Waals surface area (Å²) in [6.45, 7) is 4.28. The Balaban J connectivity index is 2.11. The Kier molecular flexibility index (Phi) is 3.97. The molecule has 100 valence electrons. The van der Waals surface area contributed by atoms with Crippen LogP contribution in [-0.4, -0.2) is 18.1 Å². The summed E-state index contributed by atoms with van der Waals surface area (Å²) in [6, 6.07) is 7.70. The summed E-state index contributed by atoms with van der Waals surface area (Å²) in [5, 5.41) is 9.68. The Hall–Kier alpha value is -2.14. The van der Waals surface area contributed by atoms with E-state index in [1.165, 1.54) is 0 Å². The molecule has 1 aromatic heterocycles. The minimum Gasteiger partial charge on any atom is -0.361 e. The van der Waals surface area contributed by atoms with Gasteiger partial charge in [0.1, 0.15) is 11.3 Å². The molecule has 0 aliphatic carbocycles. The first-order chi connectivity index (χ1) is 9.11. The molecular weight excluding hydrogens is 242 g/mol. The van der Waals surface area contributed by atoms with Gasteiger partial charge in [-0.1, -0.05) is 17.3 Å². The molecule has 2 rings (SSSR count). The predicted octanol–water partition coefficient (Wildman–Crippen LogP) is 2.26. The lowest BCUT2D eigenvalue weighted by molar-refractivity contribution is 0.102. The van der Waals surface area contributed by atoms with Gasteiger partial charge in [0.2, 0.25) is 0 Å². The van der Waals surface area contributed by atoms with Crippen molar-refractivity contribution >= 4 is 11.6 Å². The van der Waals surface area contributed by atoms with Crippen LogP contribution in [0.2, 0.25) is 0 Å². The quantitative estimate of drug-likeness (QED) is 0.883. The van der Waals surface area contributed by atoms with E-state index in [0.29, 0.717) is 17.0 Å². The third-order valence-corrected chi connectivity index (χ3v) is 2.85. The molecule has 0 atom stereocenters. The number of rotatable bonds is 4. The molecule has 5 nitrogen and oxygen atoms in total. The summed E-state index contributed by atoms with van der Waals surface area (Å²) in [4.78, 5) is 12.1. The summed E-state index contributed by atoms with van der Waals surface area (Å²) in [7, 11) is 1.90. The van der Waals surface area contributed by atoms with E-state index in [0.717, 1.165) is 17.8 Å². The molecule has 0 aliphatic heterocycles. The highest BCUT2D eigenvalue weighted by molar-refractivity contribution is 6.05. The molecule has 0 fully saturated rings. The Morgan fingerprint density at radius 1 is 1.26 bits per heavy atom. The zero-order chi connectivity index (χ0) is 13.8. The fraction of sp³-hybridized carbons (Fsp3) is 0.286. The fourth-order valence-electron chi connectivity index (χ4n) is 1.91. The van der Waals surface area contributed by atoms with Crippen molar-refractivity contribution in [3.63, 3.8) is 0 Å². The Bertz CT molecular complexity index is 553. The van der Waals surface area contributed by atoms with E-state index in [4.69, 9.17) is 4.52 Å². The number of hydrogen-bond donors (Lipinski definition) is 2. The van der Waals surface area contributed by atoms with Crippen molar-refractivity contribution in [2.75, 3.05) is 12.4 Å². The van der Waals surface area contributed by atoms with Crippen LogP contribution >= 0.6 is 0 Å². The Morgan fingerprint density at radius 2 is 1.95 bits per heavy atom. The van der Waals surface area contributed by atoms with E-state index in [2.05, 4.69) is 15.8 Å². The summed E-state index contributed by atoms with van der Waals surface area (Å²) in [5.41, 5.74) is 3.02. The van der Waals surface area contributed by atoms with Gasteiger partial charge in [0.15, 0.2) is 0 Å². The molecule has 1 heterocycles. The highest BCUT2D eigenvalue weighted by Gasteiger charge is 2.17. The maximum Gasteiger partial charge on any atom is 0.261 e. The molecule has 0 bridgehead atoms. The van der Waals surface area contributed by atoms with Gasteiger partial charge >= 0.3 is 0 Å². The van der Waals surface area contributed by atoms with Crippen LogP contribution in [0.15, 0.2) is 28.8 Å². The summed E-state index contributed by atoms with van der Waals surface area (Å²) in [6.07, 6.45) is 0. The van der Waals surface area contributed by atoms with Gasteiger partial charge in [0.05, 0.1) is 5.69 Å². The molecule has 0 aliphatic rings. The van der Waals surface area contributed by atoms with Crippen LogP contribution in [0.4, 0.5) is 5.69 Å². The molecule has 0 unspecified atom stereocenters. The van der Waals surface area contributed by atoms with Gasteiger partial charge in [-0.3, -0.25) is 4.79 Å². The average molecular weight is 259 g/mol. The van der Waals surface area contributed by atoms with Crippen molar-refractivity contribution < 1.29 is 9.32 Å². The van der Waals surface area contributed by atoms with E-state index in [1.807, 2.05) is 31.3 Å². The number of nitrogens with zero attached hydrogens (tertiary/aromatic N) is 1. The summed E-state index contributed by atoms with van der Waals surface area (Å²) < 4.78 is 4.99. The lowest BCUT2D eigenvalue weighted by Crippen LogP contribution is -2.13. The van der Waals surface area contributed by atoms with Crippen molar-refractivity contribution in [1.29, 1.82) is 0 Å². The van der Waals surface area contributed by atoms with E-state index in [1.54, 1.807) is 13.8 Å². The van der Waals surface area contributed by atoms with E-state index >= 15 is 0 Å². The number of hydrogen-bond acceptors (Lipinski definition) is 4. The Labute approximate surface area is 112 Å². The normalized spacial score (nSPS) is 10.5. The summed E-state index contributed by atoms with van der Waals surface area (Å²) >= 11 is 0. The fourth-order valence-corrected chi connectivity index (χ4v) is 1.91. The molecule has 0 saturated carbocycles. The number of carbonyl (C=O) groups is 1. The molecule has 5 heteroatoms. The molecule has 2 N–H and O–H groups in total. The van der Waals surface area contributed by atoms with Crippen molar-refractivity contribution in [1.82, 2.24) is 10.5 Å². The molecule has 0 spiro atoms. The number of benzene rings is 1. The first kappa shape index (κ1) is 13.3. The number of aryl methyl sites for hydroxylation is 2. The first-order valence-electron chi connectivity index (χ1n) is 6.09. The first-order valence-corrected chi connectivity index (χ1v) is 6.09. The number of carbonyl (C=O) groups excluding carboxylic acids is 1. The zero-order valence-electron chi connectivity index (χ0n) is 11.3. The third-order valence-electron chi connectivity index (χ3n) is 2.85. The maximum atomic E-state index is 12.1. The van der Waals surface area contributed by atoms with Gasteiger partial charge in [0, 0.05) is 12.2 Å². The van der Waals surface area contributed by atoms with Gasteiger partial charge in [-0.25, -0.2) is 0 Å². The van der Waals surface area contributed by atoms with Gasteiger partial charge in [-0.05, 0) is 38.6 Å². The van der Waals surface area contributed by atoms with Gasteiger partial charge < -0.3 is 15.2 Å². The number of aromatic nitrogens is 1. The predicted molar refractivity (Wildman–Crippen MR) is 73.1 cm³/mol. The van der Waals surface area contributed by atoms with Gasteiger partial charge in [-0.15, -0.1) is 0 Å². The second kappa shape index (κ2) is 5.67. The van der Waals surface area contributed by atoms with Crippen LogP contribution in [0.25, 0.3) is 0 Å². The van der Waals surface area contributed by atoms with Gasteiger partial charge in [0.25, 0.3) is 5.91 Å². The van der Waals surface area contributed by atoms with Crippen LogP contribution in [0.5, 0.6) is 0 Å². The lowest BCUT2D eigenvalue weighted by Gasteiger charge is -2.06. The molecular formula is C14H17N3O2. The van der Waals surface area contributed by atoms with Crippen LogP contribution in [0.3, 0.4) is 0 Å². The molecule has 0 radical (unpaired) electrons. The standard InChI is InChI=1S/C14H17N3O2/c1-9-13(10(2)19-17-9)14(18)16-12-6-4-11(5-7-12)8-15-3/h4-7,15H,8H2,1-3H3,(H,16,18). The van der Waals surface area contributed by atoms with Crippen molar-refractivity contribution in [2.24, 2.45) is 0 Å². The molecule has 1 amide bonds. The van der Waals surface area contributed by atoms with Crippen LogP contribution in [-0.2, 0) is 6.54 Å². The average Bonchev–Trinajstić information content (AvgIpc) is 2.72. The van der Waals surface area contributed by atoms with Crippen molar-refractivity contribution in [3.8, 4) is 0 Å². The largest absolute Gasteiger partial charge is 0.361 e. The molecule has 1 aromatic carbocycles. The summed E-state index contributed by atoms with van der Waals surface area (Å²) in [5.74, 6) is 0.333. The third kappa shape index (κ3) is 3.00. The zero-order valence-corrected chi connectivity index (χ0v) is 11.3. The minimum atomic E-state index is -0.197. The van der Waals surface area contributed by atoms with E-state index < -0.39 is 0 Å². The minimum absolute atomic E-state index is 0.197. The van der Waals surface area contributed by atoms with E-state index in [-0.39, 0.29) is 5.91 Å². The lowest BCUT2D eigenvalue weighted by atomic mass is 10.1. The molecule has 19 heavy (non-hydrogen) atoms. The van der Waals surface area contributed by atoms with Crippen molar-refractivity contribution in [3.05, 3.63) is 46.8 Å². The van der Waals surface area contributed by atoms with Crippen LogP contribution < -0.4 is 10.6 Å². The smallest absolute Gasteiger partial charge is 0.261 e. The monoisotopic (exact) mass is 259 g/mol. The van der Waals surface area contributed by atoms with Crippen LogP contribution in [0, 0.1) is 13.8 Å². The number of amides is 1. The second-order valence-corrected chi connectivity index (χ2v) is 4.38. The van der Waals surface area contributed by atoms with Crippen molar-refractivity contribution in [2.45, 2.75) is 20.4 Å². The molecule has 2 aromatic rings. The maximum absolute atomic E-state index is 12.1. The SMILES string of the molecule is CNCc1ccc(NC(=O)c2c(C)noc2C)cc1. The molecule has 0 saturated heterocycles. The topological polar surface area (TPSA) is 67.2 Å².